The van der Waals surface area contributed by atoms with Crippen LogP contribution in [0.5, 0.6) is 0 Å². The largest absolute Gasteiger partial charge is 0.411 e. The maximum Gasteiger partial charge on any atom is 0.411 e. The Hall–Kier alpha value is -1.56. The summed E-state index contributed by atoms with van der Waals surface area (Å²) in [5.41, 5.74) is 5.53. The SMILES string of the molecule is NC(=O)c1ccccc1.OCC(F)(F)F. The molecule has 0 aromatic heterocycles. The number of nitrogens with two attached hydrogens (primary N) is 1. The zero-order valence-corrected chi connectivity index (χ0v) is 7.66. The number of halogens is 3. The molecule has 0 aliphatic carbocycles. The molecule has 1 amide bonds. The highest BCUT2D eigenvalue weighted by atomic mass is 19.4. The molecule has 6 heteroatoms. The van der Waals surface area contributed by atoms with Gasteiger partial charge in [0, 0.05) is 5.56 Å². The molecule has 0 fully saturated rings. The summed E-state index contributed by atoms with van der Waals surface area (Å²) in [6, 6.07) is 8.76. The van der Waals surface area contributed by atoms with Gasteiger partial charge in [-0.3, -0.25) is 4.79 Å². The Bertz CT molecular complexity index is 298. The molecule has 15 heavy (non-hydrogen) atoms. The summed E-state index contributed by atoms with van der Waals surface area (Å²) in [6.07, 6.45) is -4.40. The van der Waals surface area contributed by atoms with E-state index >= 15 is 0 Å². The molecule has 0 aliphatic heterocycles. The molecule has 0 saturated heterocycles. The van der Waals surface area contributed by atoms with Crippen LogP contribution in [0.4, 0.5) is 13.2 Å². The van der Waals surface area contributed by atoms with Crippen molar-refractivity contribution in [1.29, 1.82) is 0 Å². The monoisotopic (exact) mass is 221 g/mol. The summed E-state index contributed by atoms with van der Waals surface area (Å²) < 4.78 is 31.6. The van der Waals surface area contributed by atoms with Gasteiger partial charge < -0.3 is 10.8 Å². The van der Waals surface area contributed by atoms with Crippen LogP contribution in [0.15, 0.2) is 30.3 Å². The van der Waals surface area contributed by atoms with Crippen molar-refractivity contribution in [1.82, 2.24) is 0 Å². The average Bonchev–Trinajstić information content (AvgIpc) is 2.19. The van der Waals surface area contributed by atoms with E-state index in [1.807, 2.05) is 6.07 Å². The van der Waals surface area contributed by atoms with Gasteiger partial charge in [0.15, 0.2) is 0 Å². The summed E-state index contributed by atoms with van der Waals surface area (Å²) in [5.74, 6) is -0.379. The Morgan fingerprint density at radius 2 is 1.67 bits per heavy atom. The number of carbonyl (C=O) groups is 1. The van der Waals surface area contributed by atoms with E-state index in [1.165, 1.54) is 0 Å². The van der Waals surface area contributed by atoms with Crippen molar-refractivity contribution in [3.8, 4) is 0 Å². The number of alkyl halides is 3. The van der Waals surface area contributed by atoms with Crippen LogP contribution in [0.25, 0.3) is 0 Å². The van der Waals surface area contributed by atoms with Gasteiger partial charge in [0.25, 0.3) is 0 Å². The zero-order chi connectivity index (χ0) is 11.9. The molecule has 0 spiro atoms. The fourth-order valence-electron chi connectivity index (χ4n) is 0.602. The van der Waals surface area contributed by atoms with Crippen molar-refractivity contribution in [2.24, 2.45) is 5.73 Å². The first-order valence-corrected chi connectivity index (χ1v) is 3.89. The predicted molar refractivity (Wildman–Crippen MR) is 48.1 cm³/mol. The third-order valence-corrected chi connectivity index (χ3v) is 1.24. The number of carbonyl (C=O) groups excluding carboxylic acids is 1. The lowest BCUT2D eigenvalue weighted by Crippen LogP contribution is -2.12. The molecule has 1 aromatic carbocycles. The lowest BCUT2D eigenvalue weighted by Gasteiger charge is -1.95. The van der Waals surface area contributed by atoms with Gasteiger partial charge in [-0.15, -0.1) is 0 Å². The molecule has 0 aliphatic rings. The third-order valence-electron chi connectivity index (χ3n) is 1.24. The van der Waals surface area contributed by atoms with Crippen LogP contribution in [0, 0.1) is 0 Å². The summed E-state index contributed by atoms with van der Waals surface area (Å²) in [7, 11) is 0. The van der Waals surface area contributed by atoms with Gasteiger partial charge in [0.1, 0.15) is 6.61 Å². The molecule has 0 radical (unpaired) electrons. The third kappa shape index (κ3) is 7.51. The summed E-state index contributed by atoms with van der Waals surface area (Å²) in [6.45, 7) is -1.73. The minimum Gasteiger partial charge on any atom is -0.387 e. The van der Waals surface area contributed by atoms with Crippen LogP contribution < -0.4 is 5.73 Å². The van der Waals surface area contributed by atoms with Crippen molar-refractivity contribution in [2.75, 3.05) is 6.61 Å². The normalized spacial score (nSPS) is 10.1. The first kappa shape index (κ1) is 13.4. The maximum atomic E-state index is 10.5. The molecule has 0 heterocycles. The molecule has 1 aromatic rings. The number of amides is 1. The van der Waals surface area contributed by atoms with E-state index in [-0.39, 0.29) is 5.91 Å². The Morgan fingerprint density at radius 3 is 1.87 bits per heavy atom. The summed E-state index contributed by atoms with van der Waals surface area (Å²) in [5, 5.41) is 7.28. The van der Waals surface area contributed by atoms with Crippen LogP contribution in [0.3, 0.4) is 0 Å². The van der Waals surface area contributed by atoms with Crippen LogP contribution in [-0.4, -0.2) is 23.8 Å². The second-order valence-corrected chi connectivity index (χ2v) is 2.50. The van der Waals surface area contributed by atoms with Crippen molar-refractivity contribution >= 4 is 5.91 Å². The Labute approximate surface area is 84.3 Å². The van der Waals surface area contributed by atoms with E-state index in [4.69, 9.17) is 10.8 Å². The van der Waals surface area contributed by atoms with Crippen LogP contribution in [-0.2, 0) is 0 Å². The maximum absolute atomic E-state index is 10.5. The highest BCUT2D eigenvalue weighted by Gasteiger charge is 2.24. The van der Waals surface area contributed by atoms with Gasteiger partial charge in [-0.25, -0.2) is 0 Å². The molecule has 84 valence electrons. The number of benzene rings is 1. The molecule has 0 bridgehead atoms. The number of hydrogen-bond acceptors (Lipinski definition) is 2. The summed E-state index contributed by atoms with van der Waals surface area (Å²) >= 11 is 0. The first-order chi connectivity index (χ1) is 6.87. The van der Waals surface area contributed by atoms with Crippen molar-refractivity contribution in [2.45, 2.75) is 6.18 Å². The van der Waals surface area contributed by atoms with E-state index in [1.54, 1.807) is 24.3 Å². The standard InChI is InChI=1S/C7H7NO.C2H3F3O/c8-7(9)6-4-2-1-3-5-6;3-2(4,5)1-6/h1-5H,(H2,8,9);6H,1H2. The number of aliphatic hydroxyl groups is 1. The molecular weight excluding hydrogens is 211 g/mol. The summed E-state index contributed by atoms with van der Waals surface area (Å²) in [4.78, 5) is 10.4. The molecule has 0 saturated carbocycles. The topological polar surface area (TPSA) is 63.3 Å². The van der Waals surface area contributed by atoms with Gasteiger partial charge in [-0.05, 0) is 12.1 Å². The van der Waals surface area contributed by atoms with Crippen LogP contribution in [0.1, 0.15) is 10.4 Å². The zero-order valence-electron chi connectivity index (χ0n) is 7.66. The Kier molecular flexibility index (Phi) is 5.40. The minimum absolute atomic E-state index is 0.379. The van der Waals surface area contributed by atoms with Gasteiger partial charge in [0.05, 0.1) is 0 Å². The molecule has 1 rings (SSSR count). The van der Waals surface area contributed by atoms with Crippen molar-refractivity contribution in [3.05, 3.63) is 35.9 Å². The molecule has 0 atom stereocenters. The quantitative estimate of drug-likeness (QED) is 0.751. The molecular formula is C9H10F3NO2. The smallest absolute Gasteiger partial charge is 0.387 e. The Morgan fingerprint density at radius 1 is 1.27 bits per heavy atom. The fourth-order valence-corrected chi connectivity index (χ4v) is 0.602. The second-order valence-electron chi connectivity index (χ2n) is 2.50. The van der Waals surface area contributed by atoms with Gasteiger partial charge in [-0.2, -0.15) is 13.2 Å². The van der Waals surface area contributed by atoms with E-state index in [0.717, 1.165) is 0 Å². The van der Waals surface area contributed by atoms with E-state index in [2.05, 4.69) is 0 Å². The Balaban J connectivity index is 0.000000288. The first-order valence-electron chi connectivity index (χ1n) is 3.89. The highest BCUT2D eigenvalue weighted by molar-refractivity contribution is 5.92. The van der Waals surface area contributed by atoms with Crippen LogP contribution in [0.2, 0.25) is 0 Å². The van der Waals surface area contributed by atoms with Crippen molar-refractivity contribution in [3.63, 3.8) is 0 Å². The number of rotatable bonds is 1. The highest BCUT2D eigenvalue weighted by Crippen LogP contribution is 2.11. The van der Waals surface area contributed by atoms with Gasteiger partial charge in [0.2, 0.25) is 5.91 Å². The molecule has 3 nitrogen and oxygen atoms in total. The molecule has 0 unspecified atom stereocenters. The minimum atomic E-state index is -4.40. The number of aliphatic hydroxyl groups excluding tert-OH is 1. The number of hydrogen-bond donors (Lipinski definition) is 2. The van der Waals surface area contributed by atoms with Gasteiger partial charge >= 0.3 is 6.18 Å². The fraction of sp³-hybridized carbons (Fsp3) is 0.222. The van der Waals surface area contributed by atoms with E-state index in [0.29, 0.717) is 5.56 Å². The van der Waals surface area contributed by atoms with Crippen LogP contribution >= 0.6 is 0 Å². The second kappa shape index (κ2) is 6.02. The lowest BCUT2D eigenvalue weighted by molar-refractivity contribution is -0.159. The molecule has 3 N–H and O–H groups in total. The van der Waals surface area contributed by atoms with E-state index in [9.17, 15) is 18.0 Å². The average molecular weight is 221 g/mol. The van der Waals surface area contributed by atoms with E-state index < -0.39 is 12.8 Å². The van der Waals surface area contributed by atoms with Gasteiger partial charge in [-0.1, -0.05) is 18.2 Å². The number of primary amides is 1. The van der Waals surface area contributed by atoms with Crippen molar-refractivity contribution < 1.29 is 23.1 Å². The lowest BCUT2D eigenvalue weighted by atomic mass is 10.2. The predicted octanol–water partition coefficient (Wildman–Crippen LogP) is 1.33.